The van der Waals surface area contributed by atoms with Crippen molar-refractivity contribution in [2.75, 3.05) is 19.3 Å². The molecule has 1 aliphatic heterocycles. The fourth-order valence-corrected chi connectivity index (χ4v) is 3.88. The largest absolute Gasteiger partial charge is 0.299 e. The molecule has 1 heterocycles. The number of hydrogen-bond acceptors (Lipinski definition) is 3. The molecule has 0 N–H and O–H groups in total. The van der Waals surface area contributed by atoms with E-state index < -0.39 is 10.0 Å². The highest BCUT2D eigenvalue weighted by molar-refractivity contribution is 7.88. The lowest BCUT2D eigenvalue weighted by Crippen LogP contribution is -2.39. The van der Waals surface area contributed by atoms with E-state index in [0.717, 1.165) is 24.0 Å². The van der Waals surface area contributed by atoms with E-state index in [1.807, 2.05) is 31.2 Å². The number of piperidine rings is 1. The zero-order valence-corrected chi connectivity index (χ0v) is 13.5. The summed E-state index contributed by atoms with van der Waals surface area (Å²) in [6, 6.07) is 7.97. The van der Waals surface area contributed by atoms with Crippen LogP contribution < -0.4 is 0 Å². The number of nitrogens with zero attached hydrogens (tertiary/aromatic N) is 1. The van der Waals surface area contributed by atoms with E-state index in [0.29, 0.717) is 25.9 Å². The Bertz CT molecular complexity index is 610. The van der Waals surface area contributed by atoms with Crippen LogP contribution >= 0.6 is 0 Å². The molecule has 5 heteroatoms. The lowest BCUT2D eigenvalue weighted by atomic mass is 9.92. The van der Waals surface area contributed by atoms with E-state index in [1.54, 1.807) is 0 Å². The third-order valence-electron chi connectivity index (χ3n) is 3.95. The van der Waals surface area contributed by atoms with Gasteiger partial charge in [-0.3, -0.25) is 4.79 Å². The van der Waals surface area contributed by atoms with Gasteiger partial charge >= 0.3 is 0 Å². The molecule has 0 saturated carbocycles. The molecule has 116 valence electrons. The number of Topliss-reactive ketones (excluding diaryl/α,β-unsaturated/α-hetero) is 1. The Labute approximate surface area is 127 Å². The molecule has 0 radical (unpaired) electrons. The van der Waals surface area contributed by atoms with Crippen molar-refractivity contribution in [3.05, 3.63) is 35.4 Å². The molecule has 0 bridgehead atoms. The standard InChI is InChI=1S/C16H23NO3S/c1-13-5-3-6-14(9-13)10-16(18)11-15-7-4-8-17(12-15)21(2,19)20/h3,5-6,9,15H,4,7-8,10-12H2,1-2H3. The van der Waals surface area contributed by atoms with Gasteiger partial charge < -0.3 is 0 Å². The normalized spacial score (nSPS) is 20.4. The SMILES string of the molecule is Cc1cccc(CC(=O)CC2CCCN(S(C)(=O)=O)C2)c1. The number of ketones is 1. The van der Waals surface area contributed by atoms with Gasteiger partial charge in [0.2, 0.25) is 10.0 Å². The number of carbonyl (C=O) groups excluding carboxylic acids is 1. The van der Waals surface area contributed by atoms with Crippen LogP contribution in [0.5, 0.6) is 0 Å². The van der Waals surface area contributed by atoms with Gasteiger partial charge in [0.15, 0.2) is 0 Å². The highest BCUT2D eigenvalue weighted by Gasteiger charge is 2.27. The van der Waals surface area contributed by atoms with E-state index in [-0.39, 0.29) is 11.7 Å². The number of aryl methyl sites for hydroxylation is 1. The van der Waals surface area contributed by atoms with Crippen LogP contribution in [0.2, 0.25) is 0 Å². The van der Waals surface area contributed by atoms with Gasteiger partial charge in [-0.1, -0.05) is 29.8 Å². The second kappa shape index (κ2) is 6.71. The van der Waals surface area contributed by atoms with E-state index in [2.05, 4.69) is 0 Å². The first-order valence-corrected chi connectivity index (χ1v) is 9.22. The average molecular weight is 309 g/mol. The quantitative estimate of drug-likeness (QED) is 0.837. The van der Waals surface area contributed by atoms with Crippen molar-refractivity contribution in [3.63, 3.8) is 0 Å². The van der Waals surface area contributed by atoms with Crippen molar-refractivity contribution in [3.8, 4) is 0 Å². The summed E-state index contributed by atoms with van der Waals surface area (Å²) in [5, 5.41) is 0. The maximum atomic E-state index is 12.2. The summed E-state index contributed by atoms with van der Waals surface area (Å²) in [4.78, 5) is 12.2. The van der Waals surface area contributed by atoms with Crippen LogP contribution in [-0.2, 0) is 21.2 Å². The monoisotopic (exact) mass is 309 g/mol. The van der Waals surface area contributed by atoms with E-state index in [4.69, 9.17) is 0 Å². The summed E-state index contributed by atoms with van der Waals surface area (Å²) < 4.78 is 24.7. The highest BCUT2D eigenvalue weighted by atomic mass is 32.2. The molecule has 21 heavy (non-hydrogen) atoms. The molecular formula is C16H23NO3S. The fourth-order valence-electron chi connectivity index (χ4n) is 2.94. The van der Waals surface area contributed by atoms with Crippen molar-refractivity contribution in [2.45, 2.75) is 32.6 Å². The molecule has 1 fully saturated rings. The molecule has 0 spiro atoms. The summed E-state index contributed by atoms with van der Waals surface area (Å²) >= 11 is 0. The van der Waals surface area contributed by atoms with Crippen molar-refractivity contribution < 1.29 is 13.2 Å². The van der Waals surface area contributed by atoms with Crippen molar-refractivity contribution >= 4 is 15.8 Å². The van der Waals surface area contributed by atoms with Crippen LogP contribution in [-0.4, -0.2) is 37.9 Å². The Kier molecular flexibility index (Phi) is 5.17. The summed E-state index contributed by atoms with van der Waals surface area (Å²) in [6.45, 7) is 3.08. The topological polar surface area (TPSA) is 54.5 Å². The lowest BCUT2D eigenvalue weighted by molar-refractivity contribution is -0.119. The van der Waals surface area contributed by atoms with Gasteiger partial charge in [0.1, 0.15) is 5.78 Å². The number of carbonyl (C=O) groups is 1. The van der Waals surface area contributed by atoms with Crippen LogP contribution in [0.15, 0.2) is 24.3 Å². The Morgan fingerprint density at radius 2 is 2.14 bits per heavy atom. The Morgan fingerprint density at radius 1 is 1.38 bits per heavy atom. The van der Waals surface area contributed by atoms with Gasteiger partial charge in [-0.05, 0) is 31.2 Å². The van der Waals surface area contributed by atoms with Crippen LogP contribution in [0.4, 0.5) is 0 Å². The first-order valence-electron chi connectivity index (χ1n) is 7.37. The van der Waals surface area contributed by atoms with Crippen LogP contribution in [0.3, 0.4) is 0 Å². The van der Waals surface area contributed by atoms with Gasteiger partial charge in [-0.2, -0.15) is 0 Å². The van der Waals surface area contributed by atoms with E-state index >= 15 is 0 Å². The minimum Gasteiger partial charge on any atom is -0.299 e. The number of sulfonamides is 1. The molecule has 1 unspecified atom stereocenters. The Morgan fingerprint density at radius 3 is 2.81 bits per heavy atom. The van der Waals surface area contributed by atoms with Gasteiger partial charge in [0.25, 0.3) is 0 Å². The summed E-state index contributed by atoms with van der Waals surface area (Å²) in [5.41, 5.74) is 2.19. The Balaban J connectivity index is 1.90. The minimum atomic E-state index is -3.14. The third-order valence-corrected chi connectivity index (χ3v) is 5.22. The molecule has 1 aromatic carbocycles. The zero-order chi connectivity index (χ0) is 15.5. The van der Waals surface area contributed by atoms with E-state index in [9.17, 15) is 13.2 Å². The second-order valence-corrected chi connectivity index (χ2v) is 8.02. The predicted octanol–water partition coefficient (Wildman–Crippen LogP) is 2.17. The fraction of sp³-hybridized carbons (Fsp3) is 0.562. The highest BCUT2D eigenvalue weighted by Crippen LogP contribution is 2.22. The first-order chi connectivity index (χ1) is 9.84. The van der Waals surface area contributed by atoms with Gasteiger partial charge in [-0.25, -0.2) is 12.7 Å². The number of benzene rings is 1. The second-order valence-electron chi connectivity index (χ2n) is 6.04. The maximum absolute atomic E-state index is 12.2. The van der Waals surface area contributed by atoms with Crippen LogP contribution in [0, 0.1) is 12.8 Å². The molecule has 1 atom stereocenters. The summed E-state index contributed by atoms with van der Waals surface area (Å²) in [5.74, 6) is 0.353. The first kappa shape index (κ1) is 16.2. The summed E-state index contributed by atoms with van der Waals surface area (Å²) in [7, 11) is -3.14. The minimum absolute atomic E-state index is 0.158. The van der Waals surface area contributed by atoms with Gasteiger partial charge in [-0.15, -0.1) is 0 Å². The molecule has 1 aliphatic rings. The zero-order valence-electron chi connectivity index (χ0n) is 12.7. The van der Waals surface area contributed by atoms with Gasteiger partial charge in [0, 0.05) is 25.9 Å². The predicted molar refractivity (Wildman–Crippen MR) is 83.6 cm³/mol. The van der Waals surface area contributed by atoms with Crippen LogP contribution in [0.25, 0.3) is 0 Å². The van der Waals surface area contributed by atoms with E-state index in [1.165, 1.54) is 10.6 Å². The Hall–Kier alpha value is -1.20. The average Bonchev–Trinajstić information content (AvgIpc) is 2.37. The molecule has 1 aromatic rings. The molecular weight excluding hydrogens is 286 g/mol. The van der Waals surface area contributed by atoms with Crippen LogP contribution in [0.1, 0.15) is 30.4 Å². The van der Waals surface area contributed by atoms with Crippen molar-refractivity contribution in [1.82, 2.24) is 4.31 Å². The maximum Gasteiger partial charge on any atom is 0.211 e. The van der Waals surface area contributed by atoms with Crippen molar-refractivity contribution in [2.24, 2.45) is 5.92 Å². The number of rotatable bonds is 5. The molecule has 0 amide bonds. The molecule has 4 nitrogen and oxygen atoms in total. The van der Waals surface area contributed by atoms with Crippen molar-refractivity contribution in [1.29, 1.82) is 0 Å². The summed E-state index contributed by atoms with van der Waals surface area (Å²) in [6.07, 6.45) is 3.93. The molecule has 1 saturated heterocycles. The lowest BCUT2D eigenvalue weighted by Gasteiger charge is -2.30. The molecule has 0 aromatic heterocycles. The molecule has 0 aliphatic carbocycles. The van der Waals surface area contributed by atoms with Gasteiger partial charge in [0.05, 0.1) is 6.26 Å². The third kappa shape index (κ3) is 4.93. The number of hydrogen-bond donors (Lipinski definition) is 0. The molecule has 2 rings (SSSR count). The smallest absolute Gasteiger partial charge is 0.211 e.